The van der Waals surface area contributed by atoms with Crippen LogP contribution in [0.5, 0.6) is 0 Å². The van der Waals surface area contributed by atoms with Crippen molar-refractivity contribution in [3.05, 3.63) is 0 Å². The lowest BCUT2D eigenvalue weighted by Gasteiger charge is -2.44. The van der Waals surface area contributed by atoms with E-state index in [-0.39, 0.29) is 0 Å². The van der Waals surface area contributed by atoms with Gasteiger partial charge in [-0.3, -0.25) is 0 Å². The zero-order valence-electron chi connectivity index (χ0n) is 9.35. The maximum absolute atomic E-state index is 4.04. The lowest BCUT2D eigenvalue weighted by atomic mass is 9.72. The molecule has 0 aliphatic carbocycles. The van der Waals surface area contributed by atoms with Gasteiger partial charge >= 0.3 is 0 Å². The monoisotopic (exact) mass is 239 g/mol. The number of aromatic nitrogens is 3. The van der Waals surface area contributed by atoms with Crippen LogP contribution in [-0.2, 0) is 0 Å². The Balaban J connectivity index is 1.63. The van der Waals surface area contributed by atoms with Crippen LogP contribution in [0, 0.1) is 5.41 Å². The van der Waals surface area contributed by atoms with Crippen molar-refractivity contribution in [2.24, 2.45) is 5.41 Å². The third kappa shape index (κ3) is 1.91. The second-order valence-electron chi connectivity index (χ2n) is 4.88. The van der Waals surface area contributed by atoms with Gasteiger partial charge in [-0.2, -0.15) is 0 Å². The minimum Gasteiger partial charge on any atom is -0.345 e. The van der Waals surface area contributed by atoms with Gasteiger partial charge in [-0.25, -0.2) is 0 Å². The summed E-state index contributed by atoms with van der Waals surface area (Å²) < 4.78 is 3.83. The molecule has 0 bridgehead atoms. The van der Waals surface area contributed by atoms with Crippen molar-refractivity contribution in [2.75, 3.05) is 31.1 Å². The predicted molar refractivity (Wildman–Crippen MR) is 63.7 cm³/mol. The van der Waals surface area contributed by atoms with Crippen molar-refractivity contribution in [1.29, 1.82) is 0 Å². The first kappa shape index (κ1) is 10.4. The SMILES string of the molecule is C1CC2(CCN1)CCN(c1nnns1)CC2. The van der Waals surface area contributed by atoms with Crippen LogP contribution in [0.25, 0.3) is 0 Å². The molecule has 88 valence electrons. The standard InChI is InChI=1S/C10H17N5S/c1-5-11-6-2-10(1)3-7-15(8-4-10)9-12-13-14-16-9/h11H,1-8H2. The molecule has 16 heavy (non-hydrogen) atoms. The smallest absolute Gasteiger partial charge is 0.227 e. The molecule has 0 atom stereocenters. The first-order valence-electron chi connectivity index (χ1n) is 5.99. The minimum absolute atomic E-state index is 0.611. The molecule has 1 N–H and O–H groups in total. The van der Waals surface area contributed by atoms with Crippen LogP contribution < -0.4 is 10.2 Å². The predicted octanol–water partition coefficient (Wildman–Crippen LogP) is 0.903. The van der Waals surface area contributed by atoms with Gasteiger partial charge in [-0.15, -0.1) is 0 Å². The van der Waals surface area contributed by atoms with Crippen LogP contribution in [0.4, 0.5) is 5.13 Å². The van der Waals surface area contributed by atoms with E-state index in [9.17, 15) is 0 Å². The summed E-state index contributed by atoms with van der Waals surface area (Å²) in [6.07, 6.45) is 5.28. The molecule has 2 aliphatic heterocycles. The van der Waals surface area contributed by atoms with E-state index in [1.165, 1.54) is 50.3 Å². The van der Waals surface area contributed by atoms with Crippen LogP contribution >= 0.6 is 11.5 Å². The highest BCUT2D eigenvalue weighted by atomic mass is 32.1. The fourth-order valence-corrected chi connectivity index (χ4v) is 3.40. The van der Waals surface area contributed by atoms with Crippen molar-refractivity contribution in [3.63, 3.8) is 0 Å². The highest BCUT2D eigenvalue weighted by Crippen LogP contribution is 2.40. The Morgan fingerprint density at radius 1 is 1.12 bits per heavy atom. The molecule has 3 rings (SSSR count). The van der Waals surface area contributed by atoms with E-state index in [2.05, 4.69) is 25.0 Å². The molecule has 2 saturated heterocycles. The maximum Gasteiger partial charge on any atom is 0.227 e. The second kappa shape index (κ2) is 4.25. The van der Waals surface area contributed by atoms with E-state index in [1.807, 2.05) is 0 Å². The average Bonchev–Trinajstić information content (AvgIpc) is 2.85. The van der Waals surface area contributed by atoms with Gasteiger partial charge in [-0.1, -0.05) is 9.59 Å². The Bertz CT molecular complexity index is 323. The number of rotatable bonds is 1. The van der Waals surface area contributed by atoms with Gasteiger partial charge < -0.3 is 10.2 Å². The van der Waals surface area contributed by atoms with E-state index in [0.717, 1.165) is 18.2 Å². The molecule has 2 fully saturated rings. The third-order valence-corrected chi connectivity index (χ3v) is 4.71. The van der Waals surface area contributed by atoms with Crippen LogP contribution in [0.2, 0.25) is 0 Å². The molecule has 0 aromatic carbocycles. The van der Waals surface area contributed by atoms with Crippen molar-refractivity contribution in [3.8, 4) is 0 Å². The van der Waals surface area contributed by atoms with Crippen molar-refractivity contribution < 1.29 is 0 Å². The minimum atomic E-state index is 0.611. The Kier molecular flexibility index (Phi) is 2.77. The summed E-state index contributed by atoms with van der Waals surface area (Å²) in [5, 5.41) is 12.2. The van der Waals surface area contributed by atoms with Crippen LogP contribution in [0.3, 0.4) is 0 Å². The number of nitrogens with one attached hydrogen (secondary N) is 1. The van der Waals surface area contributed by atoms with E-state index in [1.54, 1.807) is 0 Å². The second-order valence-corrected chi connectivity index (χ2v) is 5.59. The number of nitrogens with zero attached hydrogens (tertiary/aromatic N) is 4. The van der Waals surface area contributed by atoms with E-state index >= 15 is 0 Å². The van der Waals surface area contributed by atoms with Crippen LogP contribution in [0.15, 0.2) is 0 Å². The molecule has 0 amide bonds. The van der Waals surface area contributed by atoms with E-state index < -0.39 is 0 Å². The first-order valence-corrected chi connectivity index (χ1v) is 6.76. The Hall–Kier alpha value is -0.750. The average molecular weight is 239 g/mol. The lowest BCUT2D eigenvalue weighted by molar-refractivity contribution is 0.155. The summed E-state index contributed by atoms with van der Waals surface area (Å²) in [4.78, 5) is 2.33. The van der Waals surface area contributed by atoms with Gasteiger partial charge in [0.1, 0.15) is 0 Å². The Morgan fingerprint density at radius 2 is 1.88 bits per heavy atom. The molecule has 1 aromatic rings. The van der Waals surface area contributed by atoms with Crippen molar-refractivity contribution >= 4 is 16.7 Å². The Morgan fingerprint density at radius 3 is 2.50 bits per heavy atom. The quantitative estimate of drug-likeness (QED) is 0.789. The zero-order valence-corrected chi connectivity index (χ0v) is 10.2. The summed E-state index contributed by atoms with van der Waals surface area (Å²) >= 11 is 1.41. The summed E-state index contributed by atoms with van der Waals surface area (Å²) in [5.41, 5.74) is 0.611. The van der Waals surface area contributed by atoms with Gasteiger partial charge in [0.15, 0.2) is 0 Å². The van der Waals surface area contributed by atoms with Gasteiger partial charge in [0, 0.05) is 24.6 Å². The normalized spacial score (nSPS) is 24.9. The molecule has 0 unspecified atom stereocenters. The summed E-state index contributed by atoms with van der Waals surface area (Å²) in [5.74, 6) is 0. The number of hydrogen-bond donors (Lipinski definition) is 1. The molecule has 1 spiro atoms. The molecular weight excluding hydrogens is 222 g/mol. The summed E-state index contributed by atoms with van der Waals surface area (Å²) in [6, 6.07) is 0. The molecule has 0 saturated carbocycles. The third-order valence-electron chi connectivity index (χ3n) is 4.05. The van der Waals surface area contributed by atoms with Gasteiger partial charge in [0.05, 0.1) is 0 Å². The molecule has 0 radical (unpaired) electrons. The van der Waals surface area contributed by atoms with E-state index in [0.29, 0.717) is 5.41 Å². The zero-order chi connectivity index (χ0) is 10.8. The number of hydrogen-bond acceptors (Lipinski definition) is 6. The van der Waals surface area contributed by atoms with Crippen LogP contribution in [0.1, 0.15) is 25.7 Å². The molecule has 3 heterocycles. The number of piperidine rings is 2. The maximum atomic E-state index is 4.04. The van der Waals surface area contributed by atoms with Gasteiger partial charge in [0.25, 0.3) is 0 Å². The van der Waals surface area contributed by atoms with Gasteiger partial charge in [-0.05, 0) is 49.4 Å². The fourth-order valence-electron chi connectivity index (χ4n) is 2.88. The molecule has 6 heteroatoms. The van der Waals surface area contributed by atoms with Crippen molar-refractivity contribution in [1.82, 2.24) is 20.1 Å². The summed E-state index contributed by atoms with van der Waals surface area (Å²) in [7, 11) is 0. The largest absolute Gasteiger partial charge is 0.345 e. The Labute approximate surface area is 99.4 Å². The van der Waals surface area contributed by atoms with E-state index in [4.69, 9.17) is 0 Å². The topological polar surface area (TPSA) is 53.9 Å². The van der Waals surface area contributed by atoms with Crippen molar-refractivity contribution in [2.45, 2.75) is 25.7 Å². The van der Waals surface area contributed by atoms with Gasteiger partial charge in [0.2, 0.25) is 5.13 Å². The highest BCUT2D eigenvalue weighted by molar-refractivity contribution is 7.09. The molecule has 5 nitrogen and oxygen atoms in total. The molecular formula is C10H17N5S. The molecule has 1 aromatic heterocycles. The summed E-state index contributed by atoms with van der Waals surface area (Å²) in [6.45, 7) is 4.63. The molecule has 2 aliphatic rings. The highest BCUT2D eigenvalue weighted by Gasteiger charge is 2.36. The van der Waals surface area contributed by atoms with Crippen LogP contribution in [-0.4, -0.2) is 41.0 Å². The lowest BCUT2D eigenvalue weighted by Crippen LogP contribution is -2.45. The number of anilines is 1. The fraction of sp³-hybridized carbons (Fsp3) is 0.900. The first-order chi connectivity index (χ1) is 7.88.